The maximum atomic E-state index is 12.6. The zero-order chi connectivity index (χ0) is 19.6. The average Bonchev–Trinajstić information content (AvgIpc) is 3.31. The molecule has 8 heteroatoms. The van der Waals surface area contributed by atoms with Crippen molar-refractivity contribution in [3.63, 3.8) is 0 Å². The maximum absolute atomic E-state index is 12.6. The van der Waals surface area contributed by atoms with E-state index < -0.39 is 10.0 Å². The first-order chi connectivity index (χ1) is 12.8. The largest absolute Gasteiger partial charge is 0.496 e. The molecule has 3 rings (SSSR count). The molecule has 5 nitrogen and oxygen atoms in total. The lowest BCUT2D eigenvalue weighted by atomic mass is 10.1. The Labute approximate surface area is 166 Å². The summed E-state index contributed by atoms with van der Waals surface area (Å²) in [5.41, 5.74) is 1.52. The van der Waals surface area contributed by atoms with Gasteiger partial charge in [-0.2, -0.15) is 0 Å². The Balaban J connectivity index is 1.74. The lowest BCUT2D eigenvalue weighted by Gasteiger charge is -2.12. The van der Waals surface area contributed by atoms with Gasteiger partial charge in [-0.1, -0.05) is 6.07 Å². The number of hydrogen-bond acceptors (Lipinski definition) is 6. The van der Waals surface area contributed by atoms with Crippen LogP contribution in [0, 0.1) is 13.8 Å². The number of ether oxygens (including phenoxy) is 1. The van der Waals surface area contributed by atoms with Crippen LogP contribution in [0.1, 0.15) is 30.6 Å². The van der Waals surface area contributed by atoms with Gasteiger partial charge in [-0.3, -0.25) is 4.79 Å². The summed E-state index contributed by atoms with van der Waals surface area (Å²) in [6.07, 6.45) is 0. The van der Waals surface area contributed by atoms with Crippen LogP contribution in [0.3, 0.4) is 0 Å². The molecule has 142 valence electrons. The Morgan fingerprint density at radius 1 is 1.11 bits per heavy atom. The molecule has 0 saturated carbocycles. The highest BCUT2D eigenvalue weighted by atomic mass is 32.2. The van der Waals surface area contributed by atoms with Gasteiger partial charge in [0.15, 0.2) is 0 Å². The Hall–Kier alpha value is -2.00. The number of carbonyl (C=O) groups is 1. The highest BCUT2D eigenvalue weighted by molar-refractivity contribution is 7.89. The minimum Gasteiger partial charge on any atom is -0.496 e. The number of benzene rings is 1. The topological polar surface area (TPSA) is 72.5 Å². The minimum absolute atomic E-state index is 0.0366. The van der Waals surface area contributed by atoms with Gasteiger partial charge in [0.1, 0.15) is 5.75 Å². The molecule has 2 heterocycles. The number of rotatable bonds is 7. The van der Waals surface area contributed by atoms with Gasteiger partial charge in [0.25, 0.3) is 0 Å². The number of hydrogen-bond donors (Lipinski definition) is 1. The third-order valence-electron chi connectivity index (χ3n) is 4.02. The van der Waals surface area contributed by atoms with Gasteiger partial charge in [-0.25, -0.2) is 13.1 Å². The Morgan fingerprint density at radius 2 is 1.81 bits per heavy atom. The predicted octanol–water partition coefficient (Wildman–Crippen LogP) is 4.14. The van der Waals surface area contributed by atoms with Crippen molar-refractivity contribution in [3.8, 4) is 5.75 Å². The van der Waals surface area contributed by atoms with Crippen LogP contribution in [0.25, 0.3) is 0 Å². The molecule has 0 atom stereocenters. The smallest absolute Gasteiger partial charge is 0.240 e. The lowest BCUT2D eigenvalue weighted by molar-refractivity contribution is 0.104. The maximum Gasteiger partial charge on any atom is 0.240 e. The lowest BCUT2D eigenvalue weighted by Crippen LogP contribution is -2.23. The molecule has 1 N–H and O–H groups in total. The average molecular weight is 422 g/mol. The summed E-state index contributed by atoms with van der Waals surface area (Å²) in [5, 5.41) is 1.86. The summed E-state index contributed by atoms with van der Waals surface area (Å²) in [6, 6.07) is 10.3. The monoisotopic (exact) mass is 421 g/mol. The third kappa shape index (κ3) is 4.30. The van der Waals surface area contributed by atoms with Crippen molar-refractivity contribution in [2.24, 2.45) is 0 Å². The van der Waals surface area contributed by atoms with Crippen molar-refractivity contribution in [2.45, 2.75) is 25.3 Å². The first-order valence-corrected chi connectivity index (χ1v) is 11.3. The Bertz CT molecular complexity index is 1040. The Kier molecular flexibility index (Phi) is 5.81. The summed E-state index contributed by atoms with van der Waals surface area (Å²) in [7, 11) is -2.10. The number of carbonyl (C=O) groups excluding carboxylic acids is 1. The van der Waals surface area contributed by atoms with Gasteiger partial charge >= 0.3 is 0 Å². The van der Waals surface area contributed by atoms with Gasteiger partial charge < -0.3 is 4.74 Å². The van der Waals surface area contributed by atoms with Crippen molar-refractivity contribution in [1.82, 2.24) is 4.72 Å². The third-order valence-corrected chi connectivity index (χ3v) is 7.35. The van der Waals surface area contributed by atoms with Crippen LogP contribution < -0.4 is 9.46 Å². The fraction of sp³-hybridized carbons (Fsp3) is 0.211. The first-order valence-electron chi connectivity index (χ1n) is 8.13. The van der Waals surface area contributed by atoms with Crippen LogP contribution in [0.2, 0.25) is 0 Å². The fourth-order valence-electron chi connectivity index (χ4n) is 2.76. The van der Waals surface area contributed by atoms with Crippen molar-refractivity contribution in [3.05, 3.63) is 67.5 Å². The standard InChI is InChI=1S/C19H19NO4S3/c1-12-9-15(10-13(2)19(12)24-3)27(22,23)20-11-14-6-7-17(26-14)18(21)16-5-4-8-25-16/h4-10,20H,11H2,1-3H3. The predicted molar refractivity (Wildman–Crippen MR) is 109 cm³/mol. The number of nitrogens with one attached hydrogen (secondary N) is 1. The molecule has 0 aliphatic carbocycles. The molecule has 2 aromatic heterocycles. The number of ketones is 1. The van der Waals surface area contributed by atoms with E-state index in [2.05, 4.69) is 4.72 Å². The van der Waals surface area contributed by atoms with E-state index in [1.54, 1.807) is 37.4 Å². The van der Waals surface area contributed by atoms with E-state index in [0.29, 0.717) is 15.5 Å². The van der Waals surface area contributed by atoms with Crippen molar-refractivity contribution >= 4 is 38.5 Å². The van der Waals surface area contributed by atoms with Crippen LogP contribution in [0.5, 0.6) is 5.75 Å². The van der Waals surface area contributed by atoms with E-state index in [9.17, 15) is 13.2 Å². The van der Waals surface area contributed by atoms with Crippen LogP contribution in [0.4, 0.5) is 0 Å². The summed E-state index contributed by atoms with van der Waals surface area (Å²) in [5.74, 6) is 0.648. The fourth-order valence-corrected chi connectivity index (χ4v) is 5.67. The van der Waals surface area contributed by atoms with Crippen LogP contribution in [0.15, 0.2) is 46.7 Å². The van der Waals surface area contributed by atoms with Crippen LogP contribution in [-0.2, 0) is 16.6 Å². The molecule has 0 fully saturated rings. The highest BCUT2D eigenvalue weighted by Gasteiger charge is 2.18. The molecule has 0 spiro atoms. The van der Waals surface area contributed by atoms with Gasteiger partial charge in [0, 0.05) is 11.4 Å². The second kappa shape index (κ2) is 7.93. The SMILES string of the molecule is COc1c(C)cc(S(=O)(=O)NCc2ccc(C(=O)c3cccs3)s2)cc1C. The summed E-state index contributed by atoms with van der Waals surface area (Å²) >= 11 is 2.69. The molecule has 0 amide bonds. The second-order valence-electron chi connectivity index (χ2n) is 5.99. The molecular weight excluding hydrogens is 402 g/mol. The molecule has 0 unspecified atom stereocenters. The highest BCUT2D eigenvalue weighted by Crippen LogP contribution is 2.27. The normalized spacial score (nSPS) is 11.5. The van der Waals surface area contributed by atoms with Gasteiger partial charge in [0.2, 0.25) is 15.8 Å². The summed E-state index contributed by atoms with van der Waals surface area (Å²) < 4.78 is 33.1. The minimum atomic E-state index is -3.66. The van der Waals surface area contributed by atoms with Gasteiger partial charge in [0.05, 0.1) is 21.8 Å². The van der Waals surface area contributed by atoms with Crippen molar-refractivity contribution < 1.29 is 17.9 Å². The molecule has 0 bridgehead atoms. The molecule has 0 radical (unpaired) electrons. The van der Waals surface area contributed by atoms with E-state index in [-0.39, 0.29) is 17.2 Å². The quantitative estimate of drug-likeness (QED) is 0.582. The molecule has 0 aliphatic heterocycles. The van der Waals surface area contributed by atoms with Crippen molar-refractivity contribution in [2.75, 3.05) is 7.11 Å². The number of thiophene rings is 2. The second-order valence-corrected chi connectivity index (χ2v) is 9.87. The molecule has 1 aromatic carbocycles. The van der Waals surface area contributed by atoms with Crippen LogP contribution >= 0.6 is 22.7 Å². The van der Waals surface area contributed by atoms with E-state index >= 15 is 0 Å². The molecular formula is C19H19NO4S3. The van der Waals surface area contributed by atoms with Gasteiger partial charge in [-0.05, 0) is 60.7 Å². The van der Waals surface area contributed by atoms with E-state index in [1.165, 1.54) is 22.7 Å². The summed E-state index contributed by atoms with van der Waals surface area (Å²) in [4.78, 5) is 14.6. The van der Waals surface area contributed by atoms with E-state index in [1.807, 2.05) is 25.3 Å². The molecule has 0 aliphatic rings. The zero-order valence-electron chi connectivity index (χ0n) is 15.1. The van der Waals surface area contributed by atoms with Crippen molar-refractivity contribution in [1.29, 1.82) is 0 Å². The molecule has 3 aromatic rings. The number of sulfonamides is 1. The first kappa shape index (κ1) is 19.8. The van der Waals surface area contributed by atoms with E-state index in [4.69, 9.17) is 4.74 Å². The molecule has 27 heavy (non-hydrogen) atoms. The Morgan fingerprint density at radius 3 is 2.41 bits per heavy atom. The zero-order valence-corrected chi connectivity index (χ0v) is 17.6. The van der Waals surface area contributed by atoms with Gasteiger partial charge in [-0.15, -0.1) is 22.7 Å². The van der Waals surface area contributed by atoms with Crippen LogP contribution in [-0.4, -0.2) is 21.3 Å². The number of methoxy groups -OCH3 is 1. The number of aryl methyl sites for hydroxylation is 2. The molecule has 0 saturated heterocycles. The van der Waals surface area contributed by atoms with E-state index in [0.717, 1.165) is 16.0 Å². The summed E-state index contributed by atoms with van der Waals surface area (Å²) in [6.45, 7) is 3.76.